The number of carbonyl (C=O) groups excluding carboxylic acids is 3. The summed E-state index contributed by atoms with van der Waals surface area (Å²) in [4.78, 5) is 23.2. The predicted octanol–water partition coefficient (Wildman–Crippen LogP) is 2.35. The van der Waals surface area contributed by atoms with Gasteiger partial charge in [0.15, 0.2) is 0 Å². The summed E-state index contributed by atoms with van der Waals surface area (Å²) in [5.74, 6) is 0. The largest absolute Gasteiger partial charge is 3.00 e. The third-order valence-corrected chi connectivity index (χ3v) is 5.92. The molecule has 0 heterocycles. The van der Waals surface area contributed by atoms with E-state index in [1.807, 2.05) is 0 Å². The Morgan fingerprint density at radius 2 is 0.615 bits per heavy atom. The SMILES string of the molecule is [CH-]=O.[CH-]=O.[CH-]=O.[Co+3].c1ccc([PH+](c2ccccc2)c2ccccc2)cc1. The average molecular weight is 409 g/mol. The maximum absolute atomic E-state index is 7.75. The molecule has 134 valence electrons. The number of benzene rings is 3. The summed E-state index contributed by atoms with van der Waals surface area (Å²) in [5.41, 5.74) is 0. The minimum atomic E-state index is -0.877. The zero-order valence-corrected chi connectivity index (χ0v) is 16.0. The summed E-state index contributed by atoms with van der Waals surface area (Å²) in [6.07, 6.45) is 0. The van der Waals surface area contributed by atoms with Crippen LogP contribution in [0, 0.1) is 0 Å². The van der Waals surface area contributed by atoms with Crippen LogP contribution in [-0.4, -0.2) is 20.4 Å². The van der Waals surface area contributed by atoms with E-state index in [0.29, 0.717) is 0 Å². The first kappa shape index (κ1) is 25.8. The third-order valence-electron chi connectivity index (χ3n) is 3.19. The van der Waals surface area contributed by atoms with E-state index in [1.165, 1.54) is 15.9 Å². The van der Waals surface area contributed by atoms with Crippen LogP contribution in [-0.2, 0) is 31.2 Å². The molecule has 3 aromatic carbocycles. The van der Waals surface area contributed by atoms with Gasteiger partial charge in [0.05, 0.1) is 7.92 Å². The first-order valence-corrected chi connectivity index (χ1v) is 8.69. The second-order valence-corrected chi connectivity index (χ2v) is 6.96. The molecule has 3 rings (SSSR count). The Balaban J connectivity index is 0. The summed E-state index contributed by atoms with van der Waals surface area (Å²) < 4.78 is 0. The van der Waals surface area contributed by atoms with Gasteiger partial charge in [0.2, 0.25) is 0 Å². The van der Waals surface area contributed by atoms with Crippen molar-refractivity contribution < 1.29 is 31.2 Å². The van der Waals surface area contributed by atoms with Crippen molar-refractivity contribution in [1.29, 1.82) is 0 Å². The van der Waals surface area contributed by atoms with Crippen molar-refractivity contribution in [2.45, 2.75) is 0 Å². The van der Waals surface area contributed by atoms with Crippen LogP contribution in [0.5, 0.6) is 0 Å². The molecule has 0 amide bonds. The fourth-order valence-corrected chi connectivity index (χ4v) is 4.89. The molecule has 0 saturated heterocycles. The number of hydrogen-bond donors (Lipinski definition) is 0. The summed E-state index contributed by atoms with van der Waals surface area (Å²) >= 11 is 0. The summed E-state index contributed by atoms with van der Waals surface area (Å²) in [6.45, 7) is 9.75. The van der Waals surface area contributed by atoms with Crippen LogP contribution >= 0.6 is 7.92 Å². The van der Waals surface area contributed by atoms with E-state index in [1.54, 1.807) is 0 Å². The van der Waals surface area contributed by atoms with E-state index in [4.69, 9.17) is 14.4 Å². The van der Waals surface area contributed by atoms with Crippen molar-refractivity contribution in [2.75, 3.05) is 0 Å². The molecule has 0 aliphatic rings. The normalized spacial score (nSPS) is 8.19. The smallest absolute Gasteiger partial charge is 0.545 e. The quantitative estimate of drug-likeness (QED) is 0.379. The number of hydrogen-bond acceptors (Lipinski definition) is 3. The zero-order valence-electron chi connectivity index (χ0n) is 14.0. The Kier molecular flexibility index (Phi) is 17.3. The minimum Gasteiger partial charge on any atom is -0.545 e. The van der Waals surface area contributed by atoms with Gasteiger partial charge in [0.1, 0.15) is 15.9 Å². The van der Waals surface area contributed by atoms with E-state index in [2.05, 4.69) is 111 Å². The first-order chi connectivity index (χ1) is 12.4. The molecule has 0 aliphatic heterocycles. The molecule has 0 fully saturated rings. The molecule has 0 bridgehead atoms. The van der Waals surface area contributed by atoms with Crippen molar-refractivity contribution >= 4 is 44.2 Å². The maximum atomic E-state index is 7.75. The van der Waals surface area contributed by atoms with Gasteiger partial charge in [-0.25, -0.2) is 0 Å². The third kappa shape index (κ3) is 8.12. The second kappa shape index (κ2) is 17.4. The van der Waals surface area contributed by atoms with Crippen LogP contribution in [0.4, 0.5) is 0 Å². The molecule has 0 saturated carbocycles. The second-order valence-electron chi connectivity index (χ2n) is 4.47. The van der Waals surface area contributed by atoms with E-state index >= 15 is 0 Å². The van der Waals surface area contributed by atoms with Crippen LogP contribution in [0.2, 0.25) is 0 Å². The molecule has 5 heteroatoms. The van der Waals surface area contributed by atoms with E-state index in [-0.39, 0.29) is 16.8 Å². The van der Waals surface area contributed by atoms with E-state index in [9.17, 15) is 0 Å². The van der Waals surface area contributed by atoms with Gasteiger partial charge in [-0.15, -0.1) is 0 Å². The van der Waals surface area contributed by atoms with Gasteiger partial charge in [-0.05, 0) is 36.4 Å². The van der Waals surface area contributed by atoms with Gasteiger partial charge < -0.3 is 14.4 Å². The molecule has 0 aromatic heterocycles. The van der Waals surface area contributed by atoms with E-state index < -0.39 is 7.92 Å². The first-order valence-electron chi connectivity index (χ1n) is 7.19. The molecule has 0 unspecified atom stereocenters. The fourth-order valence-electron chi connectivity index (χ4n) is 2.31. The molecular weight excluding hydrogens is 390 g/mol. The molecule has 0 radical (unpaired) electrons. The molecule has 0 spiro atoms. The summed E-state index contributed by atoms with van der Waals surface area (Å²) in [7, 11) is -0.877. The Labute approximate surface area is 166 Å². The summed E-state index contributed by atoms with van der Waals surface area (Å²) in [6, 6.07) is 32.5. The Morgan fingerprint density at radius 3 is 0.808 bits per heavy atom. The van der Waals surface area contributed by atoms with Gasteiger partial charge >= 0.3 is 16.8 Å². The van der Waals surface area contributed by atoms with Crippen molar-refractivity contribution in [1.82, 2.24) is 0 Å². The molecule has 3 nitrogen and oxygen atoms in total. The topological polar surface area (TPSA) is 51.2 Å². The van der Waals surface area contributed by atoms with Gasteiger partial charge in [-0.3, -0.25) is 20.4 Å². The monoisotopic (exact) mass is 409 g/mol. The van der Waals surface area contributed by atoms with Gasteiger partial charge in [0.25, 0.3) is 0 Å². The molecule has 0 aliphatic carbocycles. The Morgan fingerprint density at radius 1 is 0.423 bits per heavy atom. The zero-order chi connectivity index (χ0) is 18.9. The van der Waals surface area contributed by atoms with Crippen LogP contribution < -0.4 is 15.9 Å². The maximum Gasteiger partial charge on any atom is 3.00 e. The van der Waals surface area contributed by atoms with E-state index in [0.717, 1.165) is 0 Å². The van der Waals surface area contributed by atoms with Crippen LogP contribution in [0.3, 0.4) is 0 Å². The molecule has 0 N–H and O–H groups in total. The standard InChI is InChI=1S/C18H15P.3CHO.Co/c1-4-10-16(11-5-1)19(17-12-6-2-7-13-17)18-14-8-3-9-15-18;3*1-2;/h1-15H;3*1H;/q;3*-1;+3/p+1. The van der Waals surface area contributed by atoms with Crippen molar-refractivity contribution in [3.05, 3.63) is 91.0 Å². The van der Waals surface area contributed by atoms with Crippen molar-refractivity contribution in [3.8, 4) is 0 Å². The van der Waals surface area contributed by atoms with Crippen LogP contribution in [0.15, 0.2) is 91.0 Å². The molecule has 0 atom stereocenters. The van der Waals surface area contributed by atoms with Crippen molar-refractivity contribution in [3.63, 3.8) is 0 Å². The van der Waals surface area contributed by atoms with Crippen LogP contribution in [0.1, 0.15) is 0 Å². The van der Waals surface area contributed by atoms with Gasteiger partial charge in [0, 0.05) is 0 Å². The average Bonchev–Trinajstić information content (AvgIpc) is 2.75. The van der Waals surface area contributed by atoms with Gasteiger partial charge in [-0.1, -0.05) is 54.6 Å². The predicted molar refractivity (Wildman–Crippen MR) is 107 cm³/mol. The minimum absolute atomic E-state index is 0. The van der Waals surface area contributed by atoms with Crippen molar-refractivity contribution in [2.24, 2.45) is 0 Å². The summed E-state index contributed by atoms with van der Waals surface area (Å²) in [5, 5.41) is 4.31. The number of rotatable bonds is 3. The molecule has 3 aromatic rings. The molecular formula is C21H19CoO3P+. The Bertz CT molecular complexity index is 583. The Hall–Kier alpha value is -2.39. The molecule has 26 heavy (non-hydrogen) atoms. The van der Waals surface area contributed by atoms with Crippen LogP contribution in [0.25, 0.3) is 0 Å². The fraction of sp³-hybridized carbons (Fsp3) is 0. The van der Waals surface area contributed by atoms with Gasteiger partial charge in [-0.2, -0.15) is 0 Å².